The lowest BCUT2D eigenvalue weighted by Gasteiger charge is -2.09. The van der Waals surface area contributed by atoms with Crippen LogP contribution >= 0.6 is 0 Å². The standard InChI is InChI=1S/C18H25N3O3/c1-12(2)10-14(19)18-21-15(11-24-18)17(22)20-9-8-13-6-4-5-7-16(13)23-3/h4-7,11-12,14H,8-10,19H2,1-3H3,(H,20,22). The van der Waals surface area contributed by atoms with E-state index in [1.807, 2.05) is 24.3 Å². The first-order valence-electron chi connectivity index (χ1n) is 8.12. The van der Waals surface area contributed by atoms with Gasteiger partial charge >= 0.3 is 0 Å². The highest BCUT2D eigenvalue weighted by Crippen LogP contribution is 2.19. The van der Waals surface area contributed by atoms with E-state index >= 15 is 0 Å². The lowest BCUT2D eigenvalue weighted by atomic mass is 10.0. The van der Waals surface area contributed by atoms with Gasteiger partial charge in [-0.15, -0.1) is 0 Å². The summed E-state index contributed by atoms with van der Waals surface area (Å²) in [6, 6.07) is 7.44. The number of nitrogens with two attached hydrogens (primary N) is 1. The number of oxazole rings is 1. The molecule has 6 heteroatoms. The molecule has 0 spiro atoms. The van der Waals surface area contributed by atoms with Crippen molar-refractivity contribution >= 4 is 5.91 Å². The number of hydrogen-bond acceptors (Lipinski definition) is 5. The van der Waals surface area contributed by atoms with Crippen LogP contribution in [-0.4, -0.2) is 24.5 Å². The van der Waals surface area contributed by atoms with Crippen LogP contribution in [-0.2, 0) is 6.42 Å². The number of hydrogen-bond donors (Lipinski definition) is 2. The van der Waals surface area contributed by atoms with Crippen molar-refractivity contribution in [1.82, 2.24) is 10.3 Å². The normalized spacial score (nSPS) is 12.2. The molecule has 0 aliphatic carbocycles. The monoisotopic (exact) mass is 331 g/mol. The highest BCUT2D eigenvalue weighted by Gasteiger charge is 2.17. The maximum Gasteiger partial charge on any atom is 0.273 e. The number of ether oxygens (including phenoxy) is 1. The van der Waals surface area contributed by atoms with E-state index in [4.69, 9.17) is 14.9 Å². The largest absolute Gasteiger partial charge is 0.496 e. The van der Waals surface area contributed by atoms with Gasteiger partial charge in [0.2, 0.25) is 5.89 Å². The zero-order valence-electron chi connectivity index (χ0n) is 14.4. The first-order valence-corrected chi connectivity index (χ1v) is 8.12. The van der Waals surface area contributed by atoms with E-state index in [0.717, 1.165) is 17.7 Å². The lowest BCUT2D eigenvalue weighted by Crippen LogP contribution is -2.26. The fourth-order valence-corrected chi connectivity index (χ4v) is 2.48. The van der Waals surface area contributed by atoms with E-state index in [9.17, 15) is 4.79 Å². The predicted octanol–water partition coefficient (Wildman–Crippen LogP) is 2.70. The van der Waals surface area contributed by atoms with Gasteiger partial charge in [0.05, 0.1) is 13.2 Å². The van der Waals surface area contributed by atoms with Crippen LogP contribution in [0.3, 0.4) is 0 Å². The fraction of sp³-hybridized carbons (Fsp3) is 0.444. The molecule has 2 rings (SSSR count). The summed E-state index contributed by atoms with van der Waals surface area (Å²) in [4.78, 5) is 16.3. The molecule has 6 nitrogen and oxygen atoms in total. The minimum absolute atomic E-state index is 0.254. The quantitative estimate of drug-likeness (QED) is 0.776. The molecule has 0 aliphatic rings. The maximum absolute atomic E-state index is 12.1. The Hall–Kier alpha value is -2.34. The molecule has 0 saturated heterocycles. The van der Waals surface area contributed by atoms with Gasteiger partial charge in [-0.25, -0.2) is 4.98 Å². The number of carbonyl (C=O) groups is 1. The van der Waals surface area contributed by atoms with Gasteiger partial charge in [-0.1, -0.05) is 32.0 Å². The molecule has 0 bridgehead atoms. The van der Waals surface area contributed by atoms with Gasteiger partial charge in [-0.2, -0.15) is 0 Å². The third kappa shape index (κ3) is 4.83. The Bertz CT molecular complexity index is 667. The third-order valence-electron chi connectivity index (χ3n) is 3.67. The number of methoxy groups -OCH3 is 1. The average Bonchev–Trinajstić information content (AvgIpc) is 3.05. The minimum Gasteiger partial charge on any atom is -0.496 e. The van der Waals surface area contributed by atoms with Crippen LogP contribution < -0.4 is 15.8 Å². The average molecular weight is 331 g/mol. The smallest absolute Gasteiger partial charge is 0.273 e. The van der Waals surface area contributed by atoms with Crippen LogP contribution in [0.4, 0.5) is 0 Å². The SMILES string of the molecule is COc1ccccc1CCNC(=O)c1coc(C(N)CC(C)C)n1. The molecule has 130 valence electrons. The summed E-state index contributed by atoms with van der Waals surface area (Å²) in [5, 5.41) is 2.83. The summed E-state index contributed by atoms with van der Waals surface area (Å²) >= 11 is 0. The lowest BCUT2D eigenvalue weighted by molar-refractivity contribution is 0.0949. The number of nitrogens with zero attached hydrogens (tertiary/aromatic N) is 1. The Morgan fingerprint density at radius 3 is 2.83 bits per heavy atom. The molecule has 24 heavy (non-hydrogen) atoms. The zero-order valence-corrected chi connectivity index (χ0v) is 14.4. The Morgan fingerprint density at radius 2 is 2.12 bits per heavy atom. The van der Waals surface area contributed by atoms with Crippen molar-refractivity contribution in [2.24, 2.45) is 11.7 Å². The van der Waals surface area contributed by atoms with Crippen LogP contribution in [0.1, 0.15) is 48.3 Å². The van der Waals surface area contributed by atoms with E-state index < -0.39 is 0 Å². The molecule has 0 saturated carbocycles. The number of para-hydroxylation sites is 1. The van der Waals surface area contributed by atoms with E-state index in [1.54, 1.807) is 7.11 Å². The zero-order chi connectivity index (χ0) is 17.5. The van der Waals surface area contributed by atoms with Crippen LogP contribution in [0.25, 0.3) is 0 Å². The van der Waals surface area contributed by atoms with Crippen LogP contribution in [0.5, 0.6) is 5.75 Å². The molecule has 2 aromatic rings. The van der Waals surface area contributed by atoms with E-state index in [2.05, 4.69) is 24.1 Å². The molecule has 1 aromatic heterocycles. The molecule has 1 heterocycles. The maximum atomic E-state index is 12.1. The molecule has 1 amide bonds. The molecule has 1 unspecified atom stereocenters. The molecular formula is C18H25N3O3. The minimum atomic E-state index is -0.292. The Morgan fingerprint density at radius 1 is 1.38 bits per heavy atom. The summed E-state index contributed by atoms with van der Waals surface area (Å²) in [7, 11) is 1.63. The van der Waals surface area contributed by atoms with E-state index in [1.165, 1.54) is 6.26 Å². The summed E-state index contributed by atoms with van der Waals surface area (Å²) in [5.74, 6) is 1.38. The van der Waals surface area contributed by atoms with Crippen molar-refractivity contribution in [1.29, 1.82) is 0 Å². The van der Waals surface area contributed by atoms with E-state index in [-0.39, 0.29) is 17.6 Å². The van der Waals surface area contributed by atoms with Gasteiger partial charge in [-0.05, 0) is 30.4 Å². The number of rotatable bonds is 8. The number of carbonyl (C=O) groups excluding carboxylic acids is 1. The second-order valence-corrected chi connectivity index (χ2v) is 6.12. The first kappa shape index (κ1) is 18.0. The van der Waals surface area contributed by atoms with Gasteiger partial charge in [0.15, 0.2) is 5.69 Å². The van der Waals surface area contributed by atoms with Crippen LogP contribution in [0.15, 0.2) is 34.9 Å². The summed E-state index contributed by atoms with van der Waals surface area (Å²) in [6.07, 6.45) is 2.79. The van der Waals surface area contributed by atoms with Gasteiger partial charge in [0.25, 0.3) is 5.91 Å². The van der Waals surface area contributed by atoms with Crippen molar-refractivity contribution in [3.8, 4) is 5.75 Å². The Labute approximate surface area is 142 Å². The second kappa shape index (κ2) is 8.49. The third-order valence-corrected chi connectivity index (χ3v) is 3.67. The molecule has 0 radical (unpaired) electrons. The van der Waals surface area contributed by atoms with Gasteiger partial charge in [0, 0.05) is 6.54 Å². The van der Waals surface area contributed by atoms with E-state index in [0.29, 0.717) is 24.8 Å². The van der Waals surface area contributed by atoms with Gasteiger partial charge < -0.3 is 20.2 Å². The predicted molar refractivity (Wildman–Crippen MR) is 91.9 cm³/mol. The van der Waals surface area contributed by atoms with Gasteiger partial charge in [-0.3, -0.25) is 4.79 Å². The topological polar surface area (TPSA) is 90.4 Å². The molecule has 1 atom stereocenters. The van der Waals surface area contributed by atoms with Crippen molar-refractivity contribution in [3.63, 3.8) is 0 Å². The second-order valence-electron chi connectivity index (χ2n) is 6.12. The van der Waals surface area contributed by atoms with Crippen molar-refractivity contribution < 1.29 is 13.9 Å². The van der Waals surface area contributed by atoms with Crippen molar-refractivity contribution in [2.45, 2.75) is 32.7 Å². The summed E-state index contributed by atoms with van der Waals surface area (Å²) in [5.41, 5.74) is 7.31. The number of aromatic nitrogens is 1. The highest BCUT2D eigenvalue weighted by molar-refractivity contribution is 5.91. The van der Waals surface area contributed by atoms with Crippen LogP contribution in [0, 0.1) is 5.92 Å². The summed E-state index contributed by atoms with van der Waals surface area (Å²) in [6.45, 7) is 4.64. The number of amides is 1. The fourth-order valence-electron chi connectivity index (χ4n) is 2.48. The molecule has 1 aromatic carbocycles. The molecule has 3 N–H and O–H groups in total. The Kier molecular flexibility index (Phi) is 6.37. The molecular weight excluding hydrogens is 306 g/mol. The Balaban J connectivity index is 1.88. The first-order chi connectivity index (χ1) is 11.5. The highest BCUT2D eigenvalue weighted by atomic mass is 16.5. The summed E-state index contributed by atoms with van der Waals surface area (Å²) < 4.78 is 10.6. The number of benzene rings is 1. The van der Waals surface area contributed by atoms with Crippen molar-refractivity contribution in [3.05, 3.63) is 47.7 Å². The molecule has 0 aliphatic heterocycles. The number of nitrogens with one attached hydrogen (secondary N) is 1. The van der Waals surface area contributed by atoms with Crippen LogP contribution in [0.2, 0.25) is 0 Å². The van der Waals surface area contributed by atoms with Crippen molar-refractivity contribution in [2.75, 3.05) is 13.7 Å². The van der Waals surface area contributed by atoms with Gasteiger partial charge in [0.1, 0.15) is 12.0 Å². The molecule has 0 fully saturated rings.